The van der Waals surface area contributed by atoms with E-state index < -0.39 is 0 Å². The molecular formula is C14H19N3O2S. The van der Waals surface area contributed by atoms with Crippen molar-refractivity contribution in [2.45, 2.75) is 26.3 Å². The molecule has 5 nitrogen and oxygen atoms in total. The van der Waals surface area contributed by atoms with E-state index in [1.807, 2.05) is 13.8 Å². The van der Waals surface area contributed by atoms with E-state index in [0.29, 0.717) is 17.0 Å². The molecule has 0 saturated carbocycles. The molecule has 0 radical (unpaired) electrons. The van der Waals surface area contributed by atoms with Gasteiger partial charge in [0.25, 0.3) is 5.91 Å². The Morgan fingerprint density at radius 3 is 2.85 bits per heavy atom. The van der Waals surface area contributed by atoms with Gasteiger partial charge in [0.15, 0.2) is 0 Å². The Morgan fingerprint density at radius 1 is 1.45 bits per heavy atom. The average Bonchev–Trinajstić information content (AvgIpc) is 2.83. The molecule has 1 rings (SSSR count). The monoisotopic (exact) mass is 293 g/mol. The number of hydrogen-bond donors (Lipinski definition) is 3. The molecule has 0 spiro atoms. The second-order valence-electron chi connectivity index (χ2n) is 4.40. The van der Waals surface area contributed by atoms with E-state index in [9.17, 15) is 9.59 Å². The van der Waals surface area contributed by atoms with Gasteiger partial charge in [-0.1, -0.05) is 11.8 Å². The standard InChI is InChI=1S/C14H19N3O2S/c1-10(2)17-12(18)5-8-16-14(19)13-11(4-3-7-15)6-9-20-13/h6,9-10H,5,7-8,15H2,1-2H3,(H,16,19)(H,17,18). The number of carbonyl (C=O) groups is 2. The summed E-state index contributed by atoms with van der Waals surface area (Å²) in [6, 6.07) is 1.89. The number of hydrogen-bond acceptors (Lipinski definition) is 4. The molecule has 6 heteroatoms. The highest BCUT2D eigenvalue weighted by molar-refractivity contribution is 7.12. The zero-order chi connectivity index (χ0) is 15.0. The van der Waals surface area contributed by atoms with Crippen LogP contribution >= 0.6 is 11.3 Å². The van der Waals surface area contributed by atoms with Gasteiger partial charge in [-0.25, -0.2) is 0 Å². The Balaban J connectivity index is 2.48. The highest BCUT2D eigenvalue weighted by Crippen LogP contribution is 2.15. The van der Waals surface area contributed by atoms with Crippen LogP contribution in [0.1, 0.15) is 35.5 Å². The van der Waals surface area contributed by atoms with Crippen molar-refractivity contribution in [3.8, 4) is 11.8 Å². The van der Waals surface area contributed by atoms with Crippen LogP contribution in [-0.4, -0.2) is 30.9 Å². The number of thiophene rings is 1. The fourth-order valence-electron chi connectivity index (χ4n) is 1.49. The second kappa shape index (κ2) is 8.35. The first-order chi connectivity index (χ1) is 9.54. The van der Waals surface area contributed by atoms with Crippen LogP contribution in [0.5, 0.6) is 0 Å². The molecule has 4 N–H and O–H groups in total. The van der Waals surface area contributed by atoms with Crippen LogP contribution in [0.3, 0.4) is 0 Å². The number of amides is 2. The lowest BCUT2D eigenvalue weighted by Crippen LogP contribution is -2.34. The third-order valence-corrected chi connectivity index (χ3v) is 3.20. The molecule has 1 aromatic rings. The topological polar surface area (TPSA) is 84.2 Å². The minimum Gasteiger partial charge on any atom is -0.354 e. The second-order valence-corrected chi connectivity index (χ2v) is 5.31. The summed E-state index contributed by atoms with van der Waals surface area (Å²) in [4.78, 5) is 23.9. The Hall–Kier alpha value is -1.84. The normalized spacial score (nSPS) is 9.80. The molecule has 0 unspecified atom stereocenters. The van der Waals surface area contributed by atoms with E-state index in [0.717, 1.165) is 0 Å². The predicted octanol–water partition coefficient (Wildman–Crippen LogP) is 0.703. The zero-order valence-electron chi connectivity index (χ0n) is 11.7. The van der Waals surface area contributed by atoms with Crippen molar-refractivity contribution < 1.29 is 9.59 Å². The first-order valence-electron chi connectivity index (χ1n) is 6.38. The van der Waals surface area contributed by atoms with Gasteiger partial charge in [-0.2, -0.15) is 0 Å². The molecule has 108 valence electrons. The summed E-state index contributed by atoms with van der Waals surface area (Å²) in [5, 5.41) is 7.29. The average molecular weight is 293 g/mol. The number of nitrogens with one attached hydrogen (secondary N) is 2. The Kier molecular flexibility index (Phi) is 6.77. The van der Waals surface area contributed by atoms with E-state index in [-0.39, 0.29) is 30.8 Å². The summed E-state index contributed by atoms with van der Waals surface area (Å²) in [6.45, 7) is 4.35. The van der Waals surface area contributed by atoms with Crippen molar-refractivity contribution >= 4 is 23.2 Å². The SMILES string of the molecule is CC(C)NC(=O)CCNC(=O)c1sccc1C#CCN. The molecule has 0 aromatic carbocycles. The molecular weight excluding hydrogens is 274 g/mol. The molecule has 2 amide bonds. The first-order valence-corrected chi connectivity index (χ1v) is 7.26. The lowest BCUT2D eigenvalue weighted by molar-refractivity contribution is -0.121. The molecule has 20 heavy (non-hydrogen) atoms. The van der Waals surface area contributed by atoms with E-state index in [1.54, 1.807) is 11.4 Å². The highest BCUT2D eigenvalue weighted by Gasteiger charge is 2.12. The van der Waals surface area contributed by atoms with Crippen molar-refractivity contribution in [3.05, 3.63) is 21.9 Å². The quantitative estimate of drug-likeness (QED) is 0.699. The van der Waals surface area contributed by atoms with Crippen molar-refractivity contribution in [1.82, 2.24) is 10.6 Å². The molecule has 1 aromatic heterocycles. The zero-order valence-corrected chi connectivity index (χ0v) is 12.5. The molecule has 0 atom stereocenters. The van der Waals surface area contributed by atoms with Gasteiger partial charge < -0.3 is 16.4 Å². The molecule has 1 heterocycles. The number of rotatable bonds is 5. The highest BCUT2D eigenvalue weighted by atomic mass is 32.1. The fraction of sp³-hybridized carbons (Fsp3) is 0.429. The molecule has 0 saturated heterocycles. The van der Waals surface area contributed by atoms with Crippen molar-refractivity contribution in [2.75, 3.05) is 13.1 Å². The maximum absolute atomic E-state index is 12.0. The van der Waals surface area contributed by atoms with Gasteiger partial charge in [-0.15, -0.1) is 11.3 Å². The smallest absolute Gasteiger partial charge is 0.262 e. The lowest BCUT2D eigenvalue weighted by atomic mass is 10.2. The lowest BCUT2D eigenvalue weighted by Gasteiger charge is -2.08. The molecule has 0 aliphatic heterocycles. The summed E-state index contributed by atoms with van der Waals surface area (Å²) >= 11 is 1.32. The van der Waals surface area contributed by atoms with Crippen LogP contribution in [0.15, 0.2) is 11.4 Å². The Bertz CT molecular complexity index is 526. The largest absolute Gasteiger partial charge is 0.354 e. The van der Waals surface area contributed by atoms with Crippen molar-refractivity contribution in [2.24, 2.45) is 5.73 Å². The van der Waals surface area contributed by atoms with Crippen LogP contribution in [0.25, 0.3) is 0 Å². The summed E-state index contributed by atoms with van der Waals surface area (Å²) in [5.74, 6) is 5.29. The molecule has 0 bridgehead atoms. The van der Waals surface area contributed by atoms with E-state index >= 15 is 0 Å². The maximum Gasteiger partial charge on any atom is 0.262 e. The van der Waals surface area contributed by atoms with Crippen LogP contribution in [0.2, 0.25) is 0 Å². The van der Waals surface area contributed by atoms with E-state index in [4.69, 9.17) is 5.73 Å². The van der Waals surface area contributed by atoms with Gasteiger partial charge in [0, 0.05) is 24.6 Å². The Labute approximate surface area is 122 Å². The third-order valence-electron chi connectivity index (χ3n) is 2.28. The van der Waals surface area contributed by atoms with Gasteiger partial charge in [0.05, 0.1) is 6.54 Å². The minimum atomic E-state index is -0.210. The fourth-order valence-corrected chi connectivity index (χ4v) is 2.26. The van der Waals surface area contributed by atoms with Gasteiger partial charge in [-0.05, 0) is 25.3 Å². The van der Waals surface area contributed by atoms with Crippen LogP contribution in [0, 0.1) is 11.8 Å². The molecule has 0 aliphatic rings. The Morgan fingerprint density at radius 2 is 2.20 bits per heavy atom. The van der Waals surface area contributed by atoms with Crippen molar-refractivity contribution in [3.63, 3.8) is 0 Å². The number of carbonyl (C=O) groups excluding carboxylic acids is 2. The van der Waals surface area contributed by atoms with Gasteiger partial charge in [0.1, 0.15) is 4.88 Å². The van der Waals surface area contributed by atoms with E-state index in [2.05, 4.69) is 22.5 Å². The summed E-state index contributed by atoms with van der Waals surface area (Å²) in [5.41, 5.74) is 5.98. The van der Waals surface area contributed by atoms with Crippen molar-refractivity contribution in [1.29, 1.82) is 0 Å². The predicted molar refractivity (Wildman–Crippen MR) is 80.5 cm³/mol. The third kappa shape index (κ3) is 5.43. The summed E-state index contributed by atoms with van der Waals surface area (Å²) in [7, 11) is 0. The van der Waals surface area contributed by atoms with Gasteiger partial charge >= 0.3 is 0 Å². The molecule has 0 aliphatic carbocycles. The van der Waals surface area contributed by atoms with Gasteiger partial charge in [-0.3, -0.25) is 9.59 Å². The van der Waals surface area contributed by atoms with Crippen LogP contribution in [-0.2, 0) is 4.79 Å². The van der Waals surface area contributed by atoms with E-state index in [1.165, 1.54) is 11.3 Å². The van der Waals surface area contributed by atoms with Crippen LogP contribution in [0.4, 0.5) is 0 Å². The first kappa shape index (κ1) is 16.2. The maximum atomic E-state index is 12.0. The number of nitrogens with two attached hydrogens (primary N) is 1. The van der Waals surface area contributed by atoms with Gasteiger partial charge in [0.2, 0.25) is 5.91 Å². The van der Waals surface area contributed by atoms with Crippen LogP contribution < -0.4 is 16.4 Å². The summed E-state index contributed by atoms with van der Waals surface area (Å²) in [6.07, 6.45) is 0.263. The molecule has 0 fully saturated rings. The minimum absolute atomic E-state index is 0.0744. The summed E-state index contributed by atoms with van der Waals surface area (Å²) < 4.78 is 0.